The van der Waals surface area contributed by atoms with Crippen LogP contribution in [-0.4, -0.2) is 56.5 Å². The van der Waals surface area contributed by atoms with Gasteiger partial charge in [0.2, 0.25) is 0 Å². The summed E-state index contributed by atoms with van der Waals surface area (Å²) < 4.78 is 42.6. The van der Waals surface area contributed by atoms with Crippen molar-refractivity contribution in [3.05, 3.63) is 0 Å². The summed E-state index contributed by atoms with van der Waals surface area (Å²) >= 11 is 0. The van der Waals surface area contributed by atoms with E-state index in [4.69, 9.17) is 4.74 Å². The number of hydrogen-bond donors (Lipinski definition) is 1. The van der Waals surface area contributed by atoms with Gasteiger partial charge in [0.1, 0.15) is 0 Å². The van der Waals surface area contributed by atoms with Gasteiger partial charge in [-0.3, -0.25) is 4.90 Å². The van der Waals surface area contributed by atoms with Crippen molar-refractivity contribution < 1.29 is 17.9 Å². The minimum absolute atomic E-state index is 0.412. The van der Waals surface area contributed by atoms with Crippen LogP contribution in [0.5, 0.6) is 0 Å². The van der Waals surface area contributed by atoms with Gasteiger partial charge in [-0.05, 0) is 19.9 Å². The molecule has 1 rings (SSSR count). The van der Waals surface area contributed by atoms with Crippen LogP contribution in [-0.2, 0) is 4.74 Å². The Morgan fingerprint density at radius 3 is 2.76 bits per heavy atom. The van der Waals surface area contributed by atoms with Crippen molar-refractivity contribution in [2.24, 2.45) is 0 Å². The molecule has 0 aromatic carbocycles. The quantitative estimate of drug-likeness (QED) is 0.755. The van der Waals surface area contributed by atoms with Crippen molar-refractivity contribution in [3.63, 3.8) is 0 Å². The molecule has 1 atom stereocenters. The van der Waals surface area contributed by atoms with Crippen LogP contribution in [0.3, 0.4) is 0 Å². The first kappa shape index (κ1) is 14.7. The van der Waals surface area contributed by atoms with E-state index in [0.717, 1.165) is 6.54 Å². The minimum Gasteiger partial charge on any atom is -0.380 e. The summed E-state index contributed by atoms with van der Waals surface area (Å²) in [7, 11) is 0. The first-order valence-electron chi connectivity index (χ1n) is 6.12. The monoisotopic (exact) mass is 254 g/mol. The molecular formula is C11H21F3N2O. The Hall–Kier alpha value is -0.330. The molecular weight excluding hydrogens is 233 g/mol. The summed E-state index contributed by atoms with van der Waals surface area (Å²) in [5.74, 6) is 0. The van der Waals surface area contributed by atoms with Crippen LogP contribution in [0.25, 0.3) is 0 Å². The molecule has 102 valence electrons. The molecule has 1 heterocycles. The number of ether oxygens (including phenoxy) is 1. The average Bonchev–Trinajstić information content (AvgIpc) is 2.43. The van der Waals surface area contributed by atoms with Crippen LogP contribution in [0.2, 0.25) is 0 Å². The number of alkyl halides is 3. The fourth-order valence-electron chi connectivity index (χ4n) is 2.10. The van der Waals surface area contributed by atoms with Gasteiger partial charge in [0, 0.05) is 32.3 Å². The molecule has 17 heavy (non-hydrogen) atoms. The lowest BCUT2D eigenvalue weighted by atomic mass is 10.1. The number of hydrogen-bond acceptors (Lipinski definition) is 3. The van der Waals surface area contributed by atoms with E-state index in [0.29, 0.717) is 39.3 Å². The Bertz CT molecular complexity index is 211. The second-order valence-corrected chi connectivity index (χ2v) is 4.24. The van der Waals surface area contributed by atoms with Gasteiger partial charge in [-0.15, -0.1) is 0 Å². The van der Waals surface area contributed by atoms with Crippen LogP contribution in [0.4, 0.5) is 13.2 Å². The number of nitrogens with one attached hydrogen (secondary N) is 1. The Labute approximate surface area is 100 Å². The van der Waals surface area contributed by atoms with E-state index >= 15 is 0 Å². The predicted molar refractivity (Wildman–Crippen MR) is 60.0 cm³/mol. The Morgan fingerprint density at radius 1 is 1.35 bits per heavy atom. The number of rotatable bonds is 5. The van der Waals surface area contributed by atoms with E-state index < -0.39 is 18.6 Å². The highest BCUT2D eigenvalue weighted by Crippen LogP contribution is 2.26. The standard InChI is InChI=1S/C11H21F3N2O/c1-2-17-8-7-16-6-5-15-4-3-10(16)9-11(12,13)14/h10,15H,2-9H2,1H3. The highest BCUT2D eigenvalue weighted by molar-refractivity contribution is 4.79. The molecule has 0 amide bonds. The maximum Gasteiger partial charge on any atom is 0.390 e. The normalized spacial score (nSPS) is 23.6. The zero-order chi connectivity index (χ0) is 12.7. The smallest absolute Gasteiger partial charge is 0.380 e. The first-order chi connectivity index (χ1) is 8.03. The van der Waals surface area contributed by atoms with Crippen molar-refractivity contribution in [1.29, 1.82) is 0 Å². The van der Waals surface area contributed by atoms with Crippen molar-refractivity contribution in [2.45, 2.75) is 32.0 Å². The molecule has 0 saturated carbocycles. The van der Waals surface area contributed by atoms with Crippen molar-refractivity contribution in [2.75, 3.05) is 39.4 Å². The highest BCUT2D eigenvalue weighted by atomic mass is 19.4. The van der Waals surface area contributed by atoms with Gasteiger partial charge in [-0.1, -0.05) is 0 Å². The summed E-state index contributed by atoms with van der Waals surface area (Å²) in [5, 5.41) is 3.13. The molecule has 1 unspecified atom stereocenters. The lowest BCUT2D eigenvalue weighted by Gasteiger charge is -2.30. The van der Waals surface area contributed by atoms with Crippen LogP contribution in [0.15, 0.2) is 0 Å². The van der Waals surface area contributed by atoms with Gasteiger partial charge in [-0.2, -0.15) is 13.2 Å². The van der Waals surface area contributed by atoms with E-state index in [1.165, 1.54) is 0 Å². The summed E-state index contributed by atoms with van der Waals surface area (Å²) in [4.78, 5) is 1.89. The number of halogens is 3. The summed E-state index contributed by atoms with van der Waals surface area (Å²) in [6.07, 6.45) is -4.26. The van der Waals surface area contributed by atoms with E-state index in [-0.39, 0.29) is 0 Å². The minimum atomic E-state index is -4.08. The zero-order valence-corrected chi connectivity index (χ0v) is 10.2. The Kier molecular flexibility index (Phi) is 6.22. The van der Waals surface area contributed by atoms with Gasteiger partial charge < -0.3 is 10.1 Å². The third-order valence-electron chi connectivity index (χ3n) is 2.94. The van der Waals surface area contributed by atoms with Gasteiger partial charge >= 0.3 is 6.18 Å². The van der Waals surface area contributed by atoms with Crippen LogP contribution in [0.1, 0.15) is 19.8 Å². The molecule has 1 fully saturated rings. The molecule has 3 nitrogen and oxygen atoms in total. The highest BCUT2D eigenvalue weighted by Gasteiger charge is 2.34. The maximum atomic E-state index is 12.5. The topological polar surface area (TPSA) is 24.5 Å². The Morgan fingerprint density at radius 2 is 2.12 bits per heavy atom. The van der Waals surface area contributed by atoms with Crippen molar-refractivity contribution in [3.8, 4) is 0 Å². The van der Waals surface area contributed by atoms with Crippen molar-refractivity contribution in [1.82, 2.24) is 10.2 Å². The Balaban J connectivity index is 2.47. The molecule has 1 N–H and O–H groups in total. The molecule has 1 aliphatic rings. The zero-order valence-electron chi connectivity index (χ0n) is 10.2. The van der Waals surface area contributed by atoms with Crippen LogP contribution in [0, 0.1) is 0 Å². The molecule has 6 heteroatoms. The molecule has 0 aliphatic carbocycles. The first-order valence-corrected chi connectivity index (χ1v) is 6.12. The van der Waals surface area contributed by atoms with Crippen LogP contribution >= 0.6 is 0 Å². The molecule has 0 spiro atoms. The lowest BCUT2D eigenvalue weighted by molar-refractivity contribution is -0.148. The van der Waals surface area contributed by atoms with E-state index in [1.54, 1.807) is 0 Å². The molecule has 1 aliphatic heterocycles. The summed E-state index contributed by atoms with van der Waals surface area (Å²) in [6.45, 7) is 5.65. The van der Waals surface area contributed by atoms with Gasteiger partial charge in [0.15, 0.2) is 0 Å². The predicted octanol–water partition coefficient (Wildman–Crippen LogP) is 1.64. The van der Waals surface area contributed by atoms with Crippen molar-refractivity contribution >= 4 is 0 Å². The second-order valence-electron chi connectivity index (χ2n) is 4.24. The van der Waals surface area contributed by atoms with Gasteiger partial charge in [0.25, 0.3) is 0 Å². The summed E-state index contributed by atoms with van der Waals surface area (Å²) in [6, 6.07) is -0.412. The molecule has 0 radical (unpaired) electrons. The fraction of sp³-hybridized carbons (Fsp3) is 1.00. The molecule has 0 bridgehead atoms. The molecule has 1 saturated heterocycles. The largest absolute Gasteiger partial charge is 0.390 e. The average molecular weight is 254 g/mol. The van der Waals surface area contributed by atoms with Gasteiger partial charge in [0.05, 0.1) is 13.0 Å². The van der Waals surface area contributed by atoms with Gasteiger partial charge in [-0.25, -0.2) is 0 Å². The second kappa shape index (κ2) is 7.18. The molecule has 0 aromatic heterocycles. The van der Waals surface area contributed by atoms with Crippen LogP contribution < -0.4 is 5.32 Å². The maximum absolute atomic E-state index is 12.5. The number of nitrogens with zero attached hydrogens (tertiary/aromatic N) is 1. The SMILES string of the molecule is CCOCCN1CCNCCC1CC(F)(F)F. The third kappa shape index (κ3) is 6.24. The third-order valence-corrected chi connectivity index (χ3v) is 2.94. The fourth-order valence-corrected chi connectivity index (χ4v) is 2.10. The molecule has 0 aromatic rings. The lowest BCUT2D eigenvalue weighted by Crippen LogP contribution is -2.41. The summed E-state index contributed by atoms with van der Waals surface area (Å²) in [5.41, 5.74) is 0. The van der Waals surface area contributed by atoms with E-state index in [1.807, 2.05) is 11.8 Å². The van der Waals surface area contributed by atoms with E-state index in [9.17, 15) is 13.2 Å². The van der Waals surface area contributed by atoms with E-state index in [2.05, 4.69) is 5.32 Å².